The second kappa shape index (κ2) is 12.2. The number of ether oxygens (including phenoxy) is 2. The third kappa shape index (κ3) is 8.12. The number of hydrogen-bond acceptors (Lipinski definition) is 4. The van der Waals surface area contributed by atoms with Crippen molar-refractivity contribution in [1.82, 2.24) is 0 Å². The standard InChI is InChI=1S/C24H32O4/c1-3-4-5-6-10-19(2)28-24(26)14-9-13-23(25)27-18-20-15-16-21-11-7-8-12-22(21)17-20/h7-8,11-12,15-17,19H,3-6,9-10,13-14,18H2,1-2H3. The maximum Gasteiger partial charge on any atom is 0.306 e. The van der Waals surface area contributed by atoms with E-state index < -0.39 is 0 Å². The average molecular weight is 385 g/mol. The monoisotopic (exact) mass is 384 g/mol. The SMILES string of the molecule is CCCCCCC(C)OC(=O)CCCC(=O)OCc1ccc2ccccc2c1. The van der Waals surface area contributed by atoms with Crippen LogP contribution in [0.25, 0.3) is 10.8 Å². The van der Waals surface area contributed by atoms with Crippen molar-refractivity contribution >= 4 is 22.7 Å². The Morgan fingerprint density at radius 2 is 1.64 bits per heavy atom. The summed E-state index contributed by atoms with van der Waals surface area (Å²) in [6, 6.07) is 14.1. The van der Waals surface area contributed by atoms with Gasteiger partial charge in [0.05, 0.1) is 6.10 Å². The Balaban J connectivity index is 1.60. The van der Waals surface area contributed by atoms with Crippen LogP contribution >= 0.6 is 0 Å². The molecule has 2 aromatic carbocycles. The topological polar surface area (TPSA) is 52.6 Å². The highest BCUT2D eigenvalue weighted by molar-refractivity contribution is 5.83. The molecule has 0 saturated heterocycles. The zero-order chi connectivity index (χ0) is 20.2. The molecule has 0 spiro atoms. The maximum atomic E-state index is 11.9. The molecule has 0 aliphatic carbocycles. The highest BCUT2D eigenvalue weighted by atomic mass is 16.5. The number of fused-ring (bicyclic) bond motifs is 1. The summed E-state index contributed by atoms with van der Waals surface area (Å²) < 4.78 is 10.7. The predicted octanol–water partition coefficient (Wildman–Crippen LogP) is 5.96. The molecule has 0 radical (unpaired) electrons. The normalized spacial score (nSPS) is 11.9. The van der Waals surface area contributed by atoms with Crippen molar-refractivity contribution in [2.45, 2.75) is 77.9 Å². The Kier molecular flexibility index (Phi) is 9.53. The van der Waals surface area contributed by atoms with Gasteiger partial charge in [0.1, 0.15) is 6.61 Å². The van der Waals surface area contributed by atoms with E-state index in [0.29, 0.717) is 6.42 Å². The number of unbranched alkanes of at least 4 members (excludes halogenated alkanes) is 3. The van der Waals surface area contributed by atoms with Gasteiger partial charge in [-0.05, 0) is 48.6 Å². The van der Waals surface area contributed by atoms with Crippen molar-refractivity contribution in [2.75, 3.05) is 0 Å². The quantitative estimate of drug-likeness (QED) is 0.335. The lowest BCUT2D eigenvalue weighted by atomic mass is 10.1. The van der Waals surface area contributed by atoms with Crippen LogP contribution in [0, 0.1) is 0 Å². The highest BCUT2D eigenvalue weighted by Gasteiger charge is 2.11. The van der Waals surface area contributed by atoms with Crippen LogP contribution in [-0.2, 0) is 25.7 Å². The summed E-state index contributed by atoms with van der Waals surface area (Å²) >= 11 is 0. The fourth-order valence-corrected chi connectivity index (χ4v) is 3.14. The van der Waals surface area contributed by atoms with Crippen LogP contribution in [0.1, 0.15) is 70.8 Å². The first-order valence-electron chi connectivity index (χ1n) is 10.4. The third-order valence-corrected chi connectivity index (χ3v) is 4.77. The molecule has 2 rings (SSSR count). The molecule has 152 valence electrons. The van der Waals surface area contributed by atoms with Gasteiger partial charge in [0.2, 0.25) is 0 Å². The van der Waals surface area contributed by atoms with E-state index >= 15 is 0 Å². The fourth-order valence-electron chi connectivity index (χ4n) is 3.14. The second-order valence-corrected chi connectivity index (χ2v) is 7.35. The Labute approximate surface area is 168 Å². The van der Waals surface area contributed by atoms with E-state index in [4.69, 9.17) is 9.47 Å². The second-order valence-electron chi connectivity index (χ2n) is 7.35. The van der Waals surface area contributed by atoms with E-state index in [2.05, 4.69) is 13.0 Å². The molecule has 0 aliphatic heterocycles. The van der Waals surface area contributed by atoms with E-state index in [1.165, 1.54) is 19.3 Å². The van der Waals surface area contributed by atoms with Gasteiger partial charge < -0.3 is 9.47 Å². The van der Waals surface area contributed by atoms with Gasteiger partial charge >= 0.3 is 11.9 Å². The van der Waals surface area contributed by atoms with Crippen molar-refractivity contribution in [3.63, 3.8) is 0 Å². The zero-order valence-electron chi connectivity index (χ0n) is 17.1. The van der Waals surface area contributed by atoms with Gasteiger partial charge in [0, 0.05) is 12.8 Å². The van der Waals surface area contributed by atoms with Crippen molar-refractivity contribution < 1.29 is 19.1 Å². The highest BCUT2D eigenvalue weighted by Crippen LogP contribution is 2.16. The van der Waals surface area contributed by atoms with Crippen LogP contribution in [-0.4, -0.2) is 18.0 Å². The van der Waals surface area contributed by atoms with Gasteiger partial charge in [-0.15, -0.1) is 0 Å². The largest absolute Gasteiger partial charge is 0.463 e. The molecule has 4 nitrogen and oxygen atoms in total. The summed E-state index contributed by atoms with van der Waals surface area (Å²) in [4.78, 5) is 23.8. The lowest BCUT2D eigenvalue weighted by Gasteiger charge is -2.13. The minimum Gasteiger partial charge on any atom is -0.463 e. The van der Waals surface area contributed by atoms with Gasteiger partial charge in [-0.1, -0.05) is 62.6 Å². The average Bonchev–Trinajstić information content (AvgIpc) is 2.69. The Hall–Kier alpha value is -2.36. The third-order valence-electron chi connectivity index (χ3n) is 4.77. The van der Waals surface area contributed by atoms with Crippen molar-refractivity contribution in [3.05, 3.63) is 48.0 Å². The van der Waals surface area contributed by atoms with E-state index in [1.54, 1.807) is 0 Å². The summed E-state index contributed by atoms with van der Waals surface area (Å²) in [5.41, 5.74) is 0.961. The predicted molar refractivity (Wildman–Crippen MR) is 112 cm³/mol. The number of benzene rings is 2. The molecule has 0 fully saturated rings. The number of rotatable bonds is 12. The Morgan fingerprint density at radius 3 is 2.43 bits per heavy atom. The summed E-state index contributed by atoms with van der Waals surface area (Å²) in [6.07, 6.45) is 6.48. The summed E-state index contributed by atoms with van der Waals surface area (Å²) in [5, 5.41) is 2.29. The van der Waals surface area contributed by atoms with E-state index in [9.17, 15) is 9.59 Å². The lowest BCUT2D eigenvalue weighted by Crippen LogP contribution is -2.15. The molecule has 28 heavy (non-hydrogen) atoms. The fraction of sp³-hybridized carbons (Fsp3) is 0.500. The minimum atomic E-state index is -0.284. The van der Waals surface area contributed by atoms with Gasteiger partial charge in [0.15, 0.2) is 0 Å². The van der Waals surface area contributed by atoms with E-state index in [0.717, 1.165) is 29.2 Å². The molecule has 0 heterocycles. The molecule has 0 aliphatic rings. The zero-order valence-corrected chi connectivity index (χ0v) is 17.1. The van der Waals surface area contributed by atoms with E-state index in [1.807, 2.05) is 43.3 Å². The van der Waals surface area contributed by atoms with Crippen LogP contribution in [0.5, 0.6) is 0 Å². The van der Waals surface area contributed by atoms with Gasteiger partial charge in [0.25, 0.3) is 0 Å². The first-order chi connectivity index (χ1) is 13.6. The summed E-state index contributed by atoms with van der Waals surface area (Å²) in [5.74, 6) is -0.515. The number of carbonyl (C=O) groups excluding carboxylic acids is 2. The molecule has 0 amide bonds. The Morgan fingerprint density at radius 1 is 0.893 bits per heavy atom. The summed E-state index contributed by atoms with van der Waals surface area (Å²) in [6.45, 7) is 4.36. The molecule has 0 aromatic heterocycles. The molecule has 0 bridgehead atoms. The molecule has 0 saturated carbocycles. The molecule has 1 atom stereocenters. The van der Waals surface area contributed by atoms with Gasteiger partial charge in [-0.2, -0.15) is 0 Å². The number of hydrogen-bond donors (Lipinski definition) is 0. The number of carbonyl (C=O) groups is 2. The van der Waals surface area contributed by atoms with Crippen molar-refractivity contribution in [1.29, 1.82) is 0 Å². The van der Waals surface area contributed by atoms with Crippen LogP contribution < -0.4 is 0 Å². The molecular formula is C24H32O4. The Bertz CT molecular complexity index is 753. The molecule has 4 heteroatoms. The molecule has 2 aromatic rings. The first-order valence-corrected chi connectivity index (χ1v) is 10.4. The maximum absolute atomic E-state index is 11.9. The molecular weight excluding hydrogens is 352 g/mol. The van der Waals surface area contributed by atoms with E-state index in [-0.39, 0.29) is 37.5 Å². The van der Waals surface area contributed by atoms with Crippen molar-refractivity contribution in [3.8, 4) is 0 Å². The molecule has 0 N–H and O–H groups in total. The van der Waals surface area contributed by atoms with Crippen LogP contribution in [0.4, 0.5) is 0 Å². The van der Waals surface area contributed by atoms with Crippen LogP contribution in [0.15, 0.2) is 42.5 Å². The van der Waals surface area contributed by atoms with Crippen LogP contribution in [0.2, 0.25) is 0 Å². The van der Waals surface area contributed by atoms with Gasteiger partial charge in [-0.3, -0.25) is 9.59 Å². The molecule has 1 unspecified atom stereocenters. The lowest BCUT2D eigenvalue weighted by molar-refractivity contribution is -0.149. The first kappa shape index (κ1) is 21.9. The smallest absolute Gasteiger partial charge is 0.306 e. The van der Waals surface area contributed by atoms with Crippen molar-refractivity contribution in [2.24, 2.45) is 0 Å². The summed E-state index contributed by atoms with van der Waals surface area (Å²) in [7, 11) is 0. The van der Waals surface area contributed by atoms with Crippen LogP contribution in [0.3, 0.4) is 0 Å². The minimum absolute atomic E-state index is 0.0517. The van der Waals surface area contributed by atoms with Gasteiger partial charge in [-0.25, -0.2) is 0 Å². The number of esters is 2.